The van der Waals surface area contributed by atoms with Crippen LogP contribution in [0.3, 0.4) is 0 Å². The van der Waals surface area contributed by atoms with E-state index in [0.29, 0.717) is 89.2 Å². The van der Waals surface area contributed by atoms with E-state index < -0.39 is 19.9 Å². The molecule has 1 amide bonds. The van der Waals surface area contributed by atoms with Gasteiger partial charge in [-0.25, -0.2) is 14.8 Å². The average Bonchev–Trinajstić information content (AvgIpc) is 1.34. The third-order valence-electron chi connectivity index (χ3n) is 21.5. The Kier molecular flexibility index (Phi) is 20.8. The normalized spacial score (nSPS) is 25.0. The van der Waals surface area contributed by atoms with E-state index in [4.69, 9.17) is 23.9 Å². The summed E-state index contributed by atoms with van der Waals surface area (Å²) >= 11 is 8.00. The summed E-state index contributed by atoms with van der Waals surface area (Å²) in [6, 6.07) is 39.3. The van der Waals surface area contributed by atoms with Gasteiger partial charge < -0.3 is 49.9 Å². The molecule has 5 aromatic rings. The molecule has 0 aromatic heterocycles. The molecule has 9 N–H and O–H groups in total. The third kappa shape index (κ3) is 14.7. The van der Waals surface area contributed by atoms with Gasteiger partial charge in [-0.3, -0.25) is 35.2 Å². The van der Waals surface area contributed by atoms with Crippen molar-refractivity contribution in [2.45, 2.75) is 131 Å². The zero-order valence-corrected chi connectivity index (χ0v) is 62.0. The highest BCUT2D eigenvalue weighted by Gasteiger charge is 2.55. The van der Waals surface area contributed by atoms with Crippen molar-refractivity contribution < 1.29 is 42.9 Å². The Morgan fingerprint density at radius 1 is 0.580 bits per heavy atom. The number of esters is 1. The topological polar surface area (TPSA) is 224 Å². The first-order chi connectivity index (χ1) is 48.7. The zero-order chi connectivity index (χ0) is 68.4. The number of hydrogen-bond donors (Lipinski definition) is 9. The number of carbonyl (C=O) groups excluding carboxylic acids is 2. The van der Waals surface area contributed by atoms with E-state index in [1.54, 1.807) is 30.3 Å². The van der Waals surface area contributed by atoms with Crippen LogP contribution in [-0.2, 0) is 14.8 Å². The van der Waals surface area contributed by atoms with E-state index in [1.165, 1.54) is 40.6 Å². The minimum atomic E-state index is -2.62. The lowest BCUT2D eigenvalue weighted by atomic mass is 9.77. The molecule has 15 rings (SSSR count). The van der Waals surface area contributed by atoms with Gasteiger partial charge in [-0.15, -0.1) is 0 Å². The summed E-state index contributed by atoms with van der Waals surface area (Å²) in [6.07, 6.45) is 8.92. The highest BCUT2D eigenvalue weighted by molar-refractivity contribution is 8.00. The highest BCUT2D eigenvalue weighted by atomic mass is 32.2. The molecule has 5 aromatic carbocycles. The first-order valence-electron chi connectivity index (χ1n) is 36.3. The fourth-order valence-corrected chi connectivity index (χ4v) is 25.3. The Balaban J connectivity index is 0.451. The minimum absolute atomic E-state index is 0.0142. The molecule has 2 fully saturated rings. The Labute approximate surface area is 606 Å². The first-order valence-corrected chi connectivity index (χ1v) is 42.8. The summed E-state index contributed by atoms with van der Waals surface area (Å²) in [5.41, 5.74) is 0.879. The number of carbonyl (C=O) groups is 2. The Morgan fingerprint density at radius 3 is 1.56 bits per heavy atom. The number of nitrogens with zero attached hydrogens (tertiary/aromatic N) is 6. The molecule has 25 heteroatoms. The van der Waals surface area contributed by atoms with Crippen molar-refractivity contribution in [3.05, 3.63) is 143 Å². The van der Waals surface area contributed by atoms with Crippen molar-refractivity contribution in [2.24, 2.45) is 9.98 Å². The van der Waals surface area contributed by atoms with Crippen LogP contribution >= 0.6 is 47.0 Å². The van der Waals surface area contributed by atoms with E-state index in [1.807, 2.05) is 23.5 Å². The van der Waals surface area contributed by atoms with Crippen LogP contribution in [0.15, 0.2) is 125 Å². The van der Waals surface area contributed by atoms with E-state index in [9.17, 15) is 19.8 Å². The lowest BCUT2D eigenvalue weighted by molar-refractivity contribution is -0.542. The first kappa shape index (κ1) is 68.8. The van der Waals surface area contributed by atoms with Gasteiger partial charge >= 0.3 is 17.9 Å². The summed E-state index contributed by atoms with van der Waals surface area (Å²) in [6.45, 7) is 16.8. The van der Waals surface area contributed by atoms with E-state index >= 15 is 0 Å². The SMILES string of the molecule is CC(C)(C)[Si](OC[C@@H]1CC[N+]2=C(N[C@@H](CSC[C@@H]3CCN4CC[C@H](CSC[C@@H]5CCN6CC[C@H](CSC[C@@H]7CC[N+]8=C(N[C@@H](CSCCNC(=O)c9ccc%10c(c9)C(=O)OC%109c%10ccc(O)cc%10Oc%10cc(O)ccc%109)CC8)N7)N=C6N5)NC4=N3)CC2)N1)(c1ccccc1)c1ccccc1. The monoisotopic (exact) mass is 1450 g/mol. The fourth-order valence-electron chi connectivity index (χ4n) is 16.1. The zero-order valence-electron chi connectivity index (χ0n) is 57.7. The van der Waals surface area contributed by atoms with Crippen molar-refractivity contribution in [1.82, 2.24) is 47.0 Å². The molecular weight excluding hydrogens is 1350 g/mol. The molecular formula is C75H97N13O7S4Si+2. The minimum Gasteiger partial charge on any atom is -0.508 e. The molecule has 0 bridgehead atoms. The molecule has 8 atom stereocenters. The molecule has 1 spiro atoms. The number of rotatable bonds is 23. The molecule has 20 nitrogen and oxygen atoms in total. The van der Waals surface area contributed by atoms with Gasteiger partial charge in [-0.05, 0) is 77.5 Å². The number of benzene rings is 5. The predicted molar refractivity (Wildman–Crippen MR) is 407 cm³/mol. The van der Waals surface area contributed by atoms with Crippen molar-refractivity contribution in [1.29, 1.82) is 0 Å². The van der Waals surface area contributed by atoms with E-state index in [2.05, 4.69) is 161 Å². The van der Waals surface area contributed by atoms with Gasteiger partial charge in [0.05, 0.1) is 74.6 Å². The number of phenolic OH excluding ortho intramolecular Hbond substituents is 2. The van der Waals surface area contributed by atoms with Gasteiger partial charge in [-0.2, -0.15) is 47.0 Å². The standard InChI is InChI=1S/C75H95N13O7S4Si/c1-74(2,3)100(60-10-6-4-7-11-60,61-12-8-5-9-13-61)93-41-50-20-29-85-31-22-52(79-70(85)77-50)43-97-45-54-24-33-87-35-26-56(83-72(87)81-54)47-99-48-57-27-36-88-34-25-55(82-73(88)84-57)46-98-44-53-23-32-86-30-21-51(78-71(86)80-53)42-96-37-28-76-68(91)49-14-17-63-62(38-49)69(92)95-75(63)64-18-15-58(89)39-66(64)94-67-40-59(90)16-19-65(67)75/h4-19,38-40,50-57H,20-37,41-48H2,1-3H3,(H7,76,77,78,79,80,81,82,83,84,89,90,91)/p+2/t50-,51+,52+,53-,54-,55+,56+,57-/m0/s1. The predicted octanol–water partition coefficient (Wildman–Crippen LogP) is 6.67. The molecule has 10 aliphatic rings. The molecule has 0 saturated carbocycles. The maximum atomic E-state index is 13.6. The number of phenols is 2. The van der Waals surface area contributed by atoms with Crippen LogP contribution in [0.25, 0.3) is 0 Å². The lowest BCUT2D eigenvalue weighted by Gasteiger charge is -2.44. The average molecular weight is 1450 g/mol. The summed E-state index contributed by atoms with van der Waals surface area (Å²) in [4.78, 5) is 42.8. The second-order valence-corrected chi connectivity index (χ2v) is 38.1. The number of hydrogen-bond acceptors (Lipinski definition) is 21. The number of nitrogens with one attached hydrogen (secondary N) is 7. The Bertz CT molecular complexity index is 3850. The number of ether oxygens (including phenoxy) is 2. The quantitative estimate of drug-likeness (QED) is 0.0144. The van der Waals surface area contributed by atoms with Crippen LogP contribution in [0.1, 0.15) is 110 Å². The molecule has 0 radical (unpaired) electrons. The van der Waals surface area contributed by atoms with Crippen LogP contribution in [0.2, 0.25) is 5.04 Å². The van der Waals surface area contributed by atoms with Gasteiger partial charge in [0, 0.05) is 151 Å². The van der Waals surface area contributed by atoms with Gasteiger partial charge in [-0.1, -0.05) is 87.5 Å². The van der Waals surface area contributed by atoms with Crippen LogP contribution < -0.4 is 52.3 Å². The van der Waals surface area contributed by atoms with E-state index in [0.717, 1.165) is 168 Å². The van der Waals surface area contributed by atoms with Crippen molar-refractivity contribution >= 4 is 101 Å². The van der Waals surface area contributed by atoms with Gasteiger partial charge in [0.2, 0.25) is 0 Å². The van der Waals surface area contributed by atoms with Crippen LogP contribution in [-0.4, -0.2) is 233 Å². The van der Waals surface area contributed by atoms with Crippen LogP contribution in [0.5, 0.6) is 23.0 Å². The second-order valence-electron chi connectivity index (χ2n) is 29.4. The van der Waals surface area contributed by atoms with Crippen molar-refractivity contribution in [3.63, 3.8) is 0 Å². The Hall–Kier alpha value is -6.90. The number of aromatic hydroxyl groups is 2. The third-order valence-corrected chi connectivity index (χ3v) is 31.5. The lowest BCUT2D eigenvalue weighted by Crippen LogP contribution is -2.68. The van der Waals surface area contributed by atoms with Gasteiger partial charge in [0.15, 0.2) is 17.5 Å². The number of guanidine groups is 4. The van der Waals surface area contributed by atoms with E-state index in [-0.39, 0.29) is 34.0 Å². The molecule has 100 heavy (non-hydrogen) atoms. The second kappa shape index (κ2) is 30.2. The van der Waals surface area contributed by atoms with Gasteiger partial charge in [0.1, 0.15) is 23.0 Å². The Morgan fingerprint density at radius 2 is 1.04 bits per heavy atom. The number of amides is 1. The molecule has 10 aliphatic heterocycles. The maximum absolute atomic E-state index is 13.6. The summed E-state index contributed by atoms with van der Waals surface area (Å²) < 4.78 is 24.6. The molecule has 2 saturated heterocycles. The highest BCUT2D eigenvalue weighted by Crippen LogP contribution is 2.57. The molecule has 530 valence electrons. The number of fused-ring (bicyclic) bond motifs is 8. The number of aliphatic imine (C=N–C) groups is 2. The smallest absolute Gasteiger partial charge is 0.346 e. The maximum Gasteiger partial charge on any atom is 0.346 e. The van der Waals surface area contributed by atoms with Crippen LogP contribution in [0, 0.1) is 0 Å². The molecule has 0 unspecified atom stereocenters. The summed E-state index contributed by atoms with van der Waals surface area (Å²) in [5, 5.41) is 49.6. The molecule has 0 aliphatic carbocycles. The summed E-state index contributed by atoms with van der Waals surface area (Å²) in [7, 11) is -2.62. The van der Waals surface area contributed by atoms with Crippen LogP contribution in [0.4, 0.5) is 0 Å². The number of thioether (sulfide) groups is 4. The summed E-state index contributed by atoms with van der Waals surface area (Å²) in [5.74, 6) is 12.4. The fraction of sp³-hybridized carbons (Fsp3) is 0.520. The van der Waals surface area contributed by atoms with Crippen molar-refractivity contribution in [3.8, 4) is 23.0 Å². The van der Waals surface area contributed by atoms with Crippen molar-refractivity contribution in [2.75, 3.05) is 112 Å². The van der Waals surface area contributed by atoms with Gasteiger partial charge in [0.25, 0.3) is 14.2 Å². The molecule has 10 heterocycles. The largest absolute Gasteiger partial charge is 0.508 e.